The molecular formula is C23H26ClFN4O4. The van der Waals surface area contributed by atoms with Crippen molar-refractivity contribution in [3.63, 3.8) is 0 Å². The second-order valence-electron chi connectivity index (χ2n) is 8.01. The van der Waals surface area contributed by atoms with Gasteiger partial charge in [0, 0.05) is 29.2 Å². The van der Waals surface area contributed by atoms with E-state index in [4.69, 9.17) is 27.8 Å². The summed E-state index contributed by atoms with van der Waals surface area (Å²) >= 11 is 6.39. The molecule has 0 aliphatic carbocycles. The highest BCUT2D eigenvalue weighted by atomic mass is 35.5. The molecule has 0 bridgehead atoms. The molecule has 0 radical (unpaired) electrons. The van der Waals surface area contributed by atoms with Gasteiger partial charge in [0.1, 0.15) is 12.4 Å². The Kier molecular flexibility index (Phi) is 7.88. The van der Waals surface area contributed by atoms with Gasteiger partial charge in [-0.25, -0.2) is 9.18 Å². The summed E-state index contributed by atoms with van der Waals surface area (Å²) in [4.78, 5) is 38.8. The van der Waals surface area contributed by atoms with Gasteiger partial charge < -0.3 is 21.1 Å². The van der Waals surface area contributed by atoms with Crippen LogP contribution in [0.2, 0.25) is 5.02 Å². The summed E-state index contributed by atoms with van der Waals surface area (Å²) in [6.07, 6.45) is -0.0631. The van der Waals surface area contributed by atoms with Crippen LogP contribution in [0.4, 0.5) is 14.9 Å². The van der Waals surface area contributed by atoms with Crippen molar-refractivity contribution in [2.24, 2.45) is 16.9 Å². The first kappa shape index (κ1) is 24.5. The molecule has 1 aliphatic heterocycles. The second-order valence-corrected chi connectivity index (χ2v) is 8.42. The van der Waals surface area contributed by atoms with Gasteiger partial charge in [0.15, 0.2) is 0 Å². The molecule has 8 nitrogen and oxygen atoms in total. The Morgan fingerprint density at radius 2 is 1.76 bits per heavy atom. The molecule has 33 heavy (non-hydrogen) atoms. The number of anilines is 1. The van der Waals surface area contributed by atoms with Crippen LogP contribution in [0.1, 0.15) is 24.3 Å². The quantitative estimate of drug-likeness (QED) is 0.566. The van der Waals surface area contributed by atoms with Gasteiger partial charge in [0.2, 0.25) is 11.8 Å². The van der Waals surface area contributed by atoms with Gasteiger partial charge in [0.25, 0.3) is 0 Å². The molecule has 10 heteroatoms. The van der Waals surface area contributed by atoms with Crippen molar-refractivity contribution >= 4 is 35.2 Å². The molecule has 1 unspecified atom stereocenters. The molecule has 2 aromatic rings. The zero-order valence-electron chi connectivity index (χ0n) is 17.9. The van der Waals surface area contributed by atoms with Gasteiger partial charge in [0.05, 0.1) is 12.5 Å². The predicted molar refractivity (Wildman–Crippen MR) is 122 cm³/mol. The Bertz CT molecular complexity index is 1010. The molecule has 0 saturated carbocycles. The summed E-state index contributed by atoms with van der Waals surface area (Å²) in [5.74, 6) is -2.09. The lowest BCUT2D eigenvalue weighted by Crippen LogP contribution is -2.51. The summed E-state index contributed by atoms with van der Waals surface area (Å²) < 4.78 is 18.6. The van der Waals surface area contributed by atoms with E-state index in [1.807, 2.05) is 0 Å². The van der Waals surface area contributed by atoms with Crippen LogP contribution in [0.15, 0.2) is 48.5 Å². The third kappa shape index (κ3) is 5.80. The zero-order valence-corrected chi connectivity index (χ0v) is 18.7. The van der Waals surface area contributed by atoms with Crippen molar-refractivity contribution in [1.82, 2.24) is 4.90 Å². The van der Waals surface area contributed by atoms with Crippen molar-refractivity contribution in [3.8, 4) is 0 Å². The van der Waals surface area contributed by atoms with E-state index in [1.165, 1.54) is 24.3 Å². The van der Waals surface area contributed by atoms with Crippen molar-refractivity contribution in [2.75, 3.05) is 31.6 Å². The number of benzene rings is 2. The number of carbonyl (C=O) groups is 3. The number of piperidine rings is 1. The number of nitrogens with zero attached hydrogens (tertiary/aromatic N) is 1. The lowest BCUT2D eigenvalue weighted by Gasteiger charge is -2.45. The molecule has 1 aliphatic rings. The molecule has 0 spiro atoms. The number of hydrogen-bond acceptors (Lipinski definition) is 5. The molecule has 2 aromatic carbocycles. The Balaban J connectivity index is 1.84. The Morgan fingerprint density at radius 1 is 1.12 bits per heavy atom. The molecule has 3 amide bonds. The molecule has 3 rings (SSSR count). The first-order valence-electron chi connectivity index (χ1n) is 10.5. The maximum atomic E-state index is 13.1. The van der Waals surface area contributed by atoms with Crippen LogP contribution >= 0.6 is 11.6 Å². The van der Waals surface area contributed by atoms with Crippen LogP contribution < -0.4 is 16.8 Å². The van der Waals surface area contributed by atoms with Gasteiger partial charge in [-0.3, -0.25) is 14.9 Å². The second kappa shape index (κ2) is 10.6. The van der Waals surface area contributed by atoms with E-state index in [9.17, 15) is 18.8 Å². The number of ether oxygens (including phenoxy) is 1. The number of amides is 3. The van der Waals surface area contributed by atoms with Crippen LogP contribution in [-0.2, 0) is 14.3 Å². The minimum Gasteiger partial charge on any atom is -0.449 e. The molecule has 176 valence electrons. The fourth-order valence-electron chi connectivity index (χ4n) is 4.24. The van der Waals surface area contributed by atoms with Crippen LogP contribution in [0, 0.1) is 11.2 Å². The normalized spacial score (nSPS) is 16.0. The Labute approximate surface area is 196 Å². The number of rotatable bonds is 7. The van der Waals surface area contributed by atoms with E-state index in [1.54, 1.807) is 29.2 Å². The highest BCUT2D eigenvalue weighted by molar-refractivity contribution is 6.31. The molecule has 1 atom stereocenters. The van der Waals surface area contributed by atoms with E-state index in [2.05, 4.69) is 5.32 Å². The number of halogens is 2. The van der Waals surface area contributed by atoms with Gasteiger partial charge in [-0.1, -0.05) is 29.8 Å². The highest BCUT2D eigenvalue weighted by Gasteiger charge is 2.47. The Hall–Kier alpha value is -3.17. The average molecular weight is 477 g/mol. The van der Waals surface area contributed by atoms with Crippen LogP contribution in [0.5, 0.6) is 0 Å². The molecule has 1 saturated heterocycles. The molecule has 1 fully saturated rings. The van der Waals surface area contributed by atoms with Gasteiger partial charge in [-0.15, -0.1) is 0 Å². The topological polar surface area (TPSA) is 128 Å². The standard InChI is InChI=1S/C23H26ClFN4O4/c24-18-4-2-1-3-17(18)20(21(27)31)23(9-11-29(12-10-23)19(30)13-26)14-33-22(32)28-16-7-5-15(25)6-8-16/h1-8,20H,9-14,26H2,(H2,27,31)(H,28,32). The number of nitrogens with one attached hydrogen (secondary N) is 1. The van der Waals surface area contributed by atoms with Crippen molar-refractivity contribution in [2.45, 2.75) is 18.8 Å². The number of likely N-dealkylation sites (tertiary alicyclic amines) is 1. The van der Waals surface area contributed by atoms with E-state index < -0.39 is 29.2 Å². The van der Waals surface area contributed by atoms with Crippen molar-refractivity contribution in [3.05, 3.63) is 64.9 Å². The predicted octanol–water partition coefficient (Wildman–Crippen LogP) is 2.86. The number of carbonyl (C=O) groups excluding carboxylic acids is 3. The zero-order chi connectivity index (χ0) is 24.0. The average Bonchev–Trinajstić information content (AvgIpc) is 2.80. The monoisotopic (exact) mass is 476 g/mol. The van der Waals surface area contributed by atoms with Crippen LogP contribution in [0.25, 0.3) is 0 Å². The summed E-state index contributed by atoms with van der Waals surface area (Å²) in [6, 6.07) is 12.1. The number of primary amides is 1. The molecule has 0 aromatic heterocycles. The van der Waals surface area contributed by atoms with Gasteiger partial charge >= 0.3 is 6.09 Å². The van der Waals surface area contributed by atoms with E-state index in [0.717, 1.165) is 0 Å². The molecule has 1 heterocycles. The largest absolute Gasteiger partial charge is 0.449 e. The smallest absolute Gasteiger partial charge is 0.411 e. The maximum absolute atomic E-state index is 13.1. The minimum absolute atomic E-state index is 0.118. The van der Waals surface area contributed by atoms with E-state index in [-0.39, 0.29) is 19.1 Å². The van der Waals surface area contributed by atoms with Crippen molar-refractivity contribution < 1.29 is 23.5 Å². The van der Waals surface area contributed by atoms with Crippen LogP contribution in [-0.4, -0.2) is 49.0 Å². The highest BCUT2D eigenvalue weighted by Crippen LogP contribution is 2.46. The lowest BCUT2D eigenvalue weighted by atomic mass is 9.66. The first-order chi connectivity index (χ1) is 15.8. The fourth-order valence-corrected chi connectivity index (χ4v) is 4.48. The SMILES string of the molecule is NCC(=O)N1CCC(COC(=O)Nc2ccc(F)cc2)(C(C(N)=O)c2ccccc2Cl)CC1. The third-order valence-electron chi connectivity index (χ3n) is 5.98. The third-order valence-corrected chi connectivity index (χ3v) is 6.33. The molecule has 5 N–H and O–H groups in total. The lowest BCUT2D eigenvalue weighted by molar-refractivity contribution is -0.134. The summed E-state index contributed by atoms with van der Waals surface area (Å²) in [5.41, 5.74) is 11.3. The minimum atomic E-state index is -0.887. The number of hydrogen-bond donors (Lipinski definition) is 3. The first-order valence-corrected chi connectivity index (χ1v) is 10.8. The Morgan fingerprint density at radius 3 is 2.33 bits per heavy atom. The summed E-state index contributed by atoms with van der Waals surface area (Å²) in [6.45, 7) is 0.400. The maximum Gasteiger partial charge on any atom is 0.411 e. The summed E-state index contributed by atoms with van der Waals surface area (Å²) in [7, 11) is 0. The number of nitrogens with two attached hydrogens (primary N) is 2. The van der Waals surface area contributed by atoms with E-state index in [0.29, 0.717) is 42.2 Å². The van der Waals surface area contributed by atoms with E-state index >= 15 is 0 Å². The van der Waals surface area contributed by atoms with Crippen LogP contribution in [0.3, 0.4) is 0 Å². The fraction of sp³-hybridized carbons (Fsp3) is 0.348. The molecular weight excluding hydrogens is 451 g/mol. The van der Waals surface area contributed by atoms with Gasteiger partial charge in [-0.05, 0) is 48.7 Å². The van der Waals surface area contributed by atoms with Gasteiger partial charge in [-0.2, -0.15) is 0 Å². The van der Waals surface area contributed by atoms with Crippen molar-refractivity contribution in [1.29, 1.82) is 0 Å². The summed E-state index contributed by atoms with van der Waals surface area (Å²) in [5, 5.41) is 2.90.